The summed E-state index contributed by atoms with van der Waals surface area (Å²) in [5, 5.41) is 14.4. The molecule has 2 unspecified atom stereocenters. The van der Waals surface area contributed by atoms with E-state index in [2.05, 4.69) is 29.7 Å². The Hall–Kier alpha value is -1.56. The van der Waals surface area contributed by atoms with Gasteiger partial charge in [0.1, 0.15) is 0 Å². The number of carboxylic acids is 1. The van der Waals surface area contributed by atoms with Crippen LogP contribution in [0.3, 0.4) is 0 Å². The van der Waals surface area contributed by atoms with Gasteiger partial charge < -0.3 is 15.7 Å². The zero-order valence-corrected chi connectivity index (χ0v) is 13.6. The molecule has 2 amide bonds. The number of carboxylic acid groups (broad SMARTS) is 1. The number of hydrogen-bond acceptors (Lipinski definition) is 3. The van der Waals surface area contributed by atoms with Crippen LogP contribution in [0.1, 0.15) is 42.9 Å². The van der Waals surface area contributed by atoms with Gasteiger partial charge in [-0.25, -0.2) is 4.79 Å². The van der Waals surface area contributed by atoms with Crippen LogP contribution >= 0.6 is 11.3 Å². The summed E-state index contributed by atoms with van der Waals surface area (Å²) in [5.41, 5.74) is 0. The fourth-order valence-corrected chi connectivity index (χ4v) is 3.20. The second kappa shape index (κ2) is 8.67. The maximum atomic E-state index is 11.9. The van der Waals surface area contributed by atoms with Crippen molar-refractivity contribution in [3.05, 3.63) is 21.9 Å². The quantitative estimate of drug-likeness (QED) is 0.690. The monoisotopic (exact) mass is 312 g/mol. The van der Waals surface area contributed by atoms with Crippen LogP contribution in [-0.2, 0) is 11.2 Å². The fourth-order valence-electron chi connectivity index (χ4n) is 2.18. The highest BCUT2D eigenvalue weighted by Gasteiger charge is 2.16. The maximum Gasteiger partial charge on any atom is 0.315 e. The second-order valence-electron chi connectivity index (χ2n) is 5.32. The molecule has 0 spiro atoms. The molecule has 0 saturated carbocycles. The Morgan fingerprint density at radius 3 is 2.57 bits per heavy atom. The van der Waals surface area contributed by atoms with Crippen molar-refractivity contribution in [1.29, 1.82) is 0 Å². The smallest absolute Gasteiger partial charge is 0.315 e. The molecular formula is C15H24N2O3S. The lowest BCUT2D eigenvalue weighted by Crippen LogP contribution is -2.46. The van der Waals surface area contributed by atoms with Crippen LogP contribution in [0.4, 0.5) is 4.79 Å². The van der Waals surface area contributed by atoms with Crippen molar-refractivity contribution in [3.63, 3.8) is 0 Å². The van der Waals surface area contributed by atoms with Crippen LogP contribution in [0.2, 0.25) is 0 Å². The number of aryl methyl sites for hydroxylation is 1. The van der Waals surface area contributed by atoms with Crippen LogP contribution in [0.25, 0.3) is 0 Å². The number of aliphatic carboxylic acids is 1. The van der Waals surface area contributed by atoms with E-state index in [1.54, 1.807) is 11.3 Å². The minimum absolute atomic E-state index is 0.00940. The van der Waals surface area contributed by atoms with Crippen molar-refractivity contribution in [2.75, 3.05) is 0 Å². The molecule has 0 aliphatic heterocycles. The Bertz CT molecular complexity index is 473. The molecule has 0 aromatic carbocycles. The van der Waals surface area contributed by atoms with E-state index in [1.165, 1.54) is 9.75 Å². The summed E-state index contributed by atoms with van der Waals surface area (Å²) in [7, 11) is 0. The first-order valence-electron chi connectivity index (χ1n) is 7.24. The van der Waals surface area contributed by atoms with Gasteiger partial charge >= 0.3 is 12.0 Å². The number of hydrogen-bond donors (Lipinski definition) is 3. The van der Waals surface area contributed by atoms with E-state index in [0.29, 0.717) is 6.42 Å². The van der Waals surface area contributed by atoms with Crippen LogP contribution in [0.15, 0.2) is 12.1 Å². The van der Waals surface area contributed by atoms with Crippen molar-refractivity contribution >= 4 is 23.3 Å². The second-order valence-corrected chi connectivity index (χ2v) is 6.69. The van der Waals surface area contributed by atoms with Crippen molar-refractivity contribution in [3.8, 4) is 0 Å². The fraction of sp³-hybridized carbons (Fsp3) is 0.600. The first kappa shape index (κ1) is 17.5. The van der Waals surface area contributed by atoms with E-state index < -0.39 is 5.97 Å². The number of urea groups is 1. The molecule has 3 N–H and O–H groups in total. The Labute approximate surface area is 129 Å². The summed E-state index contributed by atoms with van der Waals surface area (Å²) >= 11 is 1.72. The molecule has 0 bridgehead atoms. The third kappa shape index (κ3) is 7.13. The Morgan fingerprint density at radius 2 is 2.05 bits per heavy atom. The lowest BCUT2D eigenvalue weighted by Gasteiger charge is -2.19. The third-order valence-electron chi connectivity index (χ3n) is 3.07. The Balaban J connectivity index is 2.41. The lowest BCUT2D eigenvalue weighted by atomic mass is 10.1. The first-order chi connectivity index (χ1) is 9.90. The average molecular weight is 312 g/mol. The summed E-state index contributed by atoms with van der Waals surface area (Å²) < 4.78 is 0. The van der Waals surface area contributed by atoms with E-state index in [9.17, 15) is 9.59 Å². The highest BCUT2D eigenvalue weighted by atomic mass is 32.1. The molecule has 0 aliphatic carbocycles. The zero-order valence-electron chi connectivity index (χ0n) is 12.8. The van der Waals surface area contributed by atoms with Crippen LogP contribution in [-0.4, -0.2) is 29.2 Å². The molecule has 6 heteroatoms. The number of carbonyl (C=O) groups is 2. The van der Waals surface area contributed by atoms with E-state index in [-0.39, 0.29) is 24.5 Å². The van der Waals surface area contributed by atoms with E-state index in [0.717, 1.165) is 12.8 Å². The van der Waals surface area contributed by atoms with E-state index in [4.69, 9.17) is 5.11 Å². The summed E-state index contributed by atoms with van der Waals surface area (Å²) in [6.07, 6.45) is 2.24. The molecule has 118 valence electrons. The SMILES string of the molecule is CCCC(CC(=O)O)NC(=O)NC(C)Cc1ccc(C)s1. The number of amides is 2. The topological polar surface area (TPSA) is 78.4 Å². The van der Waals surface area contributed by atoms with Crippen LogP contribution < -0.4 is 10.6 Å². The maximum absolute atomic E-state index is 11.9. The van der Waals surface area contributed by atoms with Gasteiger partial charge in [-0.1, -0.05) is 13.3 Å². The molecule has 21 heavy (non-hydrogen) atoms. The van der Waals surface area contributed by atoms with Gasteiger partial charge in [0.25, 0.3) is 0 Å². The Kier molecular flexibility index (Phi) is 7.22. The molecule has 2 atom stereocenters. The molecule has 0 radical (unpaired) electrons. The molecule has 1 heterocycles. The summed E-state index contributed by atoms with van der Waals surface area (Å²) in [5.74, 6) is -0.893. The van der Waals surface area contributed by atoms with Gasteiger partial charge in [-0.05, 0) is 32.4 Å². The minimum atomic E-state index is -0.893. The summed E-state index contributed by atoms with van der Waals surface area (Å²) in [6, 6.07) is 3.53. The number of nitrogens with one attached hydrogen (secondary N) is 2. The van der Waals surface area contributed by atoms with Gasteiger partial charge in [-0.15, -0.1) is 11.3 Å². The van der Waals surface area contributed by atoms with Gasteiger partial charge in [0, 0.05) is 28.3 Å². The Morgan fingerprint density at radius 1 is 1.33 bits per heavy atom. The lowest BCUT2D eigenvalue weighted by molar-refractivity contribution is -0.137. The normalized spacial score (nSPS) is 13.5. The minimum Gasteiger partial charge on any atom is -0.481 e. The molecular weight excluding hydrogens is 288 g/mol. The van der Waals surface area contributed by atoms with Crippen LogP contribution in [0, 0.1) is 6.92 Å². The van der Waals surface area contributed by atoms with E-state index in [1.807, 2.05) is 13.8 Å². The molecule has 1 aromatic heterocycles. The van der Waals surface area contributed by atoms with Gasteiger partial charge in [-0.2, -0.15) is 0 Å². The average Bonchev–Trinajstić information content (AvgIpc) is 2.73. The van der Waals surface area contributed by atoms with E-state index >= 15 is 0 Å². The van der Waals surface area contributed by atoms with Gasteiger partial charge in [-0.3, -0.25) is 4.79 Å². The zero-order chi connectivity index (χ0) is 15.8. The molecule has 0 saturated heterocycles. The van der Waals surface area contributed by atoms with Crippen LogP contribution in [0.5, 0.6) is 0 Å². The van der Waals surface area contributed by atoms with Crippen molar-refractivity contribution in [2.24, 2.45) is 0 Å². The molecule has 1 aromatic rings. The van der Waals surface area contributed by atoms with Crippen molar-refractivity contribution < 1.29 is 14.7 Å². The standard InChI is InChI=1S/C15H24N2O3S/c1-4-5-12(9-14(18)19)17-15(20)16-10(2)8-13-7-6-11(3)21-13/h6-7,10,12H,4-5,8-9H2,1-3H3,(H,18,19)(H2,16,17,20). The number of thiophene rings is 1. The summed E-state index contributed by atoms with van der Waals surface area (Å²) in [4.78, 5) is 25.2. The van der Waals surface area contributed by atoms with Gasteiger partial charge in [0.2, 0.25) is 0 Å². The highest BCUT2D eigenvalue weighted by molar-refractivity contribution is 7.11. The van der Waals surface area contributed by atoms with Gasteiger partial charge in [0.15, 0.2) is 0 Å². The number of carbonyl (C=O) groups excluding carboxylic acids is 1. The summed E-state index contributed by atoms with van der Waals surface area (Å²) in [6.45, 7) is 5.97. The number of rotatable bonds is 8. The third-order valence-corrected chi connectivity index (χ3v) is 4.10. The molecule has 0 aliphatic rings. The van der Waals surface area contributed by atoms with Gasteiger partial charge in [0.05, 0.1) is 6.42 Å². The molecule has 0 fully saturated rings. The molecule has 5 nitrogen and oxygen atoms in total. The van der Waals surface area contributed by atoms with Crippen molar-refractivity contribution in [1.82, 2.24) is 10.6 Å². The largest absolute Gasteiger partial charge is 0.481 e. The predicted molar refractivity (Wildman–Crippen MR) is 84.8 cm³/mol. The first-order valence-corrected chi connectivity index (χ1v) is 8.06. The molecule has 1 rings (SSSR count). The van der Waals surface area contributed by atoms with Crippen molar-refractivity contribution in [2.45, 2.75) is 58.5 Å². The highest BCUT2D eigenvalue weighted by Crippen LogP contribution is 2.16. The predicted octanol–water partition coefficient (Wildman–Crippen LogP) is 2.93.